The van der Waals surface area contributed by atoms with E-state index in [2.05, 4.69) is 32.5 Å². The fourth-order valence-corrected chi connectivity index (χ4v) is 2.70. The maximum absolute atomic E-state index is 12.0. The molecule has 1 aliphatic heterocycles. The van der Waals surface area contributed by atoms with Crippen molar-refractivity contribution in [2.45, 2.75) is 26.2 Å². The van der Waals surface area contributed by atoms with E-state index in [1.807, 2.05) is 6.92 Å². The number of rotatable bonds is 6. The highest BCUT2D eigenvalue weighted by atomic mass is 16.1. The van der Waals surface area contributed by atoms with Crippen molar-refractivity contribution < 1.29 is 4.79 Å². The fourth-order valence-electron chi connectivity index (χ4n) is 2.70. The molecule has 0 bridgehead atoms. The Morgan fingerprint density at radius 3 is 2.86 bits per heavy atom. The molecule has 2 N–H and O–H groups in total. The molecule has 0 saturated carbocycles. The SMILES string of the molecule is CCNc1ncc(C(=O)NCC[C@@H]2CCCN(C)C2)cn1. The molecule has 1 aromatic heterocycles. The van der Waals surface area contributed by atoms with E-state index >= 15 is 0 Å². The van der Waals surface area contributed by atoms with Crippen LogP contribution in [0.2, 0.25) is 0 Å². The summed E-state index contributed by atoms with van der Waals surface area (Å²) < 4.78 is 0. The van der Waals surface area contributed by atoms with Crippen LogP contribution in [-0.2, 0) is 0 Å². The summed E-state index contributed by atoms with van der Waals surface area (Å²) in [4.78, 5) is 22.6. The Hall–Kier alpha value is -1.69. The first-order chi connectivity index (χ1) is 10.2. The largest absolute Gasteiger partial charge is 0.355 e. The molecule has 0 unspecified atom stereocenters. The molecule has 0 spiro atoms. The van der Waals surface area contributed by atoms with Gasteiger partial charge >= 0.3 is 0 Å². The number of piperidine rings is 1. The third-order valence-corrected chi connectivity index (χ3v) is 3.81. The van der Waals surface area contributed by atoms with Gasteiger partial charge in [0.25, 0.3) is 5.91 Å². The Labute approximate surface area is 126 Å². The van der Waals surface area contributed by atoms with E-state index in [9.17, 15) is 4.79 Å². The molecule has 1 amide bonds. The maximum Gasteiger partial charge on any atom is 0.254 e. The van der Waals surface area contributed by atoms with Crippen molar-refractivity contribution in [2.24, 2.45) is 5.92 Å². The van der Waals surface area contributed by atoms with Gasteiger partial charge in [-0.05, 0) is 45.7 Å². The maximum atomic E-state index is 12.0. The molecule has 0 aliphatic carbocycles. The molecule has 1 fully saturated rings. The number of hydrogen-bond acceptors (Lipinski definition) is 5. The molecular formula is C15H25N5O. The van der Waals surface area contributed by atoms with Crippen molar-refractivity contribution in [1.29, 1.82) is 0 Å². The number of amides is 1. The second-order valence-corrected chi connectivity index (χ2v) is 5.64. The van der Waals surface area contributed by atoms with E-state index in [-0.39, 0.29) is 5.91 Å². The summed E-state index contributed by atoms with van der Waals surface area (Å²) in [5, 5.41) is 5.96. The molecule has 6 nitrogen and oxygen atoms in total. The number of nitrogens with zero attached hydrogens (tertiary/aromatic N) is 3. The Morgan fingerprint density at radius 2 is 2.19 bits per heavy atom. The normalized spacial score (nSPS) is 19.2. The highest BCUT2D eigenvalue weighted by Gasteiger charge is 2.17. The first kappa shape index (κ1) is 15.7. The summed E-state index contributed by atoms with van der Waals surface area (Å²) in [6.45, 7) is 5.79. The van der Waals surface area contributed by atoms with Crippen LogP contribution < -0.4 is 10.6 Å². The Bertz CT molecular complexity index is 448. The average Bonchev–Trinajstić information content (AvgIpc) is 2.48. The van der Waals surface area contributed by atoms with Crippen LogP contribution in [-0.4, -0.2) is 54.0 Å². The van der Waals surface area contributed by atoms with Gasteiger partial charge in [-0.2, -0.15) is 0 Å². The Morgan fingerprint density at radius 1 is 1.43 bits per heavy atom. The van der Waals surface area contributed by atoms with E-state index in [0.29, 0.717) is 24.0 Å². The number of aromatic nitrogens is 2. The van der Waals surface area contributed by atoms with Gasteiger partial charge in [-0.3, -0.25) is 4.79 Å². The molecule has 1 aliphatic rings. The molecular weight excluding hydrogens is 266 g/mol. The minimum atomic E-state index is -0.0952. The minimum absolute atomic E-state index is 0.0952. The van der Waals surface area contributed by atoms with Crippen LogP contribution in [0, 0.1) is 5.92 Å². The van der Waals surface area contributed by atoms with E-state index in [1.165, 1.54) is 19.4 Å². The van der Waals surface area contributed by atoms with Gasteiger partial charge in [0.05, 0.1) is 5.56 Å². The van der Waals surface area contributed by atoms with Crippen LogP contribution in [0.1, 0.15) is 36.5 Å². The lowest BCUT2D eigenvalue weighted by Crippen LogP contribution is -2.34. The molecule has 1 saturated heterocycles. The molecule has 116 valence electrons. The second kappa shape index (κ2) is 7.93. The zero-order valence-electron chi connectivity index (χ0n) is 12.9. The van der Waals surface area contributed by atoms with Crippen molar-refractivity contribution in [3.63, 3.8) is 0 Å². The molecule has 2 rings (SSSR count). The summed E-state index contributed by atoms with van der Waals surface area (Å²) in [6, 6.07) is 0. The van der Waals surface area contributed by atoms with Crippen LogP contribution in [0.3, 0.4) is 0 Å². The zero-order chi connectivity index (χ0) is 15.1. The van der Waals surface area contributed by atoms with Gasteiger partial charge in [0.15, 0.2) is 0 Å². The number of hydrogen-bond donors (Lipinski definition) is 2. The Kier molecular flexibility index (Phi) is 5.92. The van der Waals surface area contributed by atoms with Crippen LogP contribution in [0.25, 0.3) is 0 Å². The van der Waals surface area contributed by atoms with Gasteiger partial charge in [0, 0.05) is 32.0 Å². The van der Waals surface area contributed by atoms with Gasteiger partial charge in [-0.1, -0.05) is 0 Å². The molecule has 6 heteroatoms. The van der Waals surface area contributed by atoms with Crippen molar-refractivity contribution >= 4 is 11.9 Å². The lowest BCUT2D eigenvalue weighted by molar-refractivity contribution is 0.0947. The number of anilines is 1. The first-order valence-corrected chi connectivity index (χ1v) is 7.71. The van der Waals surface area contributed by atoms with Crippen LogP contribution in [0.5, 0.6) is 0 Å². The number of likely N-dealkylation sites (tertiary alicyclic amines) is 1. The summed E-state index contributed by atoms with van der Waals surface area (Å²) in [5.41, 5.74) is 0.511. The van der Waals surface area contributed by atoms with Gasteiger partial charge in [-0.15, -0.1) is 0 Å². The van der Waals surface area contributed by atoms with E-state index in [1.54, 1.807) is 12.4 Å². The molecule has 0 radical (unpaired) electrons. The van der Waals surface area contributed by atoms with E-state index in [4.69, 9.17) is 0 Å². The standard InChI is InChI=1S/C15H25N5O/c1-3-16-15-18-9-13(10-19-15)14(21)17-7-6-12-5-4-8-20(2)11-12/h9-10,12H,3-8,11H2,1-2H3,(H,17,21)(H,16,18,19)/t12-/m0/s1. The molecule has 2 heterocycles. The van der Waals surface area contributed by atoms with Crippen LogP contribution in [0.4, 0.5) is 5.95 Å². The van der Waals surface area contributed by atoms with E-state index < -0.39 is 0 Å². The fraction of sp³-hybridized carbons (Fsp3) is 0.667. The molecule has 21 heavy (non-hydrogen) atoms. The summed E-state index contributed by atoms with van der Waals surface area (Å²) in [7, 11) is 2.16. The average molecular weight is 291 g/mol. The quantitative estimate of drug-likeness (QED) is 0.828. The monoisotopic (exact) mass is 291 g/mol. The van der Waals surface area contributed by atoms with Crippen LogP contribution in [0.15, 0.2) is 12.4 Å². The summed E-state index contributed by atoms with van der Waals surface area (Å²) in [6.07, 6.45) is 6.69. The first-order valence-electron chi connectivity index (χ1n) is 7.71. The lowest BCUT2D eigenvalue weighted by atomic mass is 9.95. The van der Waals surface area contributed by atoms with E-state index in [0.717, 1.165) is 19.5 Å². The third kappa shape index (κ3) is 4.97. The van der Waals surface area contributed by atoms with Gasteiger partial charge in [0.2, 0.25) is 5.95 Å². The summed E-state index contributed by atoms with van der Waals surface area (Å²) in [5.74, 6) is 1.15. The number of carbonyl (C=O) groups excluding carboxylic acids is 1. The summed E-state index contributed by atoms with van der Waals surface area (Å²) >= 11 is 0. The van der Waals surface area contributed by atoms with Crippen LogP contribution >= 0.6 is 0 Å². The number of carbonyl (C=O) groups is 1. The van der Waals surface area contributed by atoms with Crippen molar-refractivity contribution in [3.05, 3.63) is 18.0 Å². The smallest absolute Gasteiger partial charge is 0.254 e. The lowest BCUT2D eigenvalue weighted by Gasteiger charge is -2.29. The highest BCUT2D eigenvalue weighted by molar-refractivity contribution is 5.93. The molecule has 1 atom stereocenters. The Balaban J connectivity index is 1.73. The number of nitrogens with one attached hydrogen (secondary N) is 2. The van der Waals surface area contributed by atoms with Crippen molar-refractivity contribution in [1.82, 2.24) is 20.2 Å². The second-order valence-electron chi connectivity index (χ2n) is 5.64. The van der Waals surface area contributed by atoms with Gasteiger partial charge in [0.1, 0.15) is 0 Å². The predicted octanol–water partition coefficient (Wildman–Crippen LogP) is 1.37. The van der Waals surface area contributed by atoms with Gasteiger partial charge in [-0.25, -0.2) is 9.97 Å². The topological polar surface area (TPSA) is 70.2 Å². The van der Waals surface area contributed by atoms with Crippen molar-refractivity contribution in [3.8, 4) is 0 Å². The van der Waals surface area contributed by atoms with Crippen molar-refractivity contribution in [2.75, 3.05) is 38.5 Å². The zero-order valence-corrected chi connectivity index (χ0v) is 12.9. The minimum Gasteiger partial charge on any atom is -0.355 e. The predicted molar refractivity (Wildman–Crippen MR) is 83.4 cm³/mol. The highest BCUT2D eigenvalue weighted by Crippen LogP contribution is 2.17. The van der Waals surface area contributed by atoms with Gasteiger partial charge < -0.3 is 15.5 Å². The molecule has 1 aromatic rings. The third-order valence-electron chi connectivity index (χ3n) is 3.81. The molecule has 0 aromatic carbocycles.